The number of carboxylic acids is 1. The Hall–Kier alpha value is -0.570. The lowest BCUT2D eigenvalue weighted by Gasteiger charge is -2.26. The minimum atomic E-state index is -0.796. The van der Waals surface area contributed by atoms with Gasteiger partial charge >= 0.3 is 5.97 Å². The van der Waals surface area contributed by atoms with Gasteiger partial charge in [-0.15, -0.1) is 0 Å². The molecule has 3 heteroatoms. The van der Waals surface area contributed by atoms with Crippen LogP contribution in [0.1, 0.15) is 20.8 Å². The maximum absolute atomic E-state index is 10.5. The van der Waals surface area contributed by atoms with E-state index >= 15 is 0 Å². The van der Waals surface area contributed by atoms with Gasteiger partial charge in [0.1, 0.15) is 6.04 Å². The molecule has 0 aliphatic rings. The Labute approximate surface area is 61.4 Å². The molecule has 0 unspecified atom stereocenters. The van der Waals surface area contributed by atoms with Crippen LogP contribution in [0.4, 0.5) is 0 Å². The van der Waals surface area contributed by atoms with Gasteiger partial charge in [0, 0.05) is 0 Å². The van der Waals surface area contributed by atoms with Crippen LogP contribution in [0.3, 0.4) is 0 Å². The van der Waals surface area contributed by atoms with E-state index < -0.39 is 12.0 Å². The van der Waals surface area contributed by atoms with Gasteiger partial charge in [-0.2, -0.15) is 0 Å². The zero-order chi connectivity index (χ0) is 8.36. The number of carbonyl (C=O) groups is 1. The molecule has 0 bridgehead atoms. The van der Waals surface area contributed by atoms with Crippen molar-refractivity contribution in [1.82, 2.24) is 5.32 Å². The number of aliphatic carboxylic acids is 1. The average Bonchev–Trinajstić information content (AvgIpc) is 1.60. The van der Waals surface area contributed by atoms with E-state index in [4.69, 9.17) is 5.11 Å². The van der Waals surface area contributed by atoms with Crippen molar-refractivity contribution in [3.8, 4) is 0 Å². The third-order valence-corrected chi connectivity index (χ3v) is 1.40. The molecule has 10 heavy (non-hydrogen) atoms. The maximum Gasteiger partial charge on any atom is 0.321 e. The van der Waals surface area contributed by atoms with Crippen LogP contribution in [0.15, 0.2) is 0 Å². The van der Waals surface area contributed by atoms with Gasteiger partial charge in [-0.1, -0.05) is 20.8 Å². The summed E-state index contributed by atoms with van der Waals surface area (Å²) >= 11 is 0. The fraction of sp³-hybridized carbons (Fsp3) is 0.857. The molecular formula is C7H15NO2. The second-order valence-corrected chi connectivity index (χ2v) is 3.43. The standard InChI is InChI=1S/C7H15NO2/c1-7(2,3)5(8-4)6(9)10/h5,8H,1-4H3,(H,9,10)/t5-/m1/s1. The summed E-state index contributed by atoms with van der Waals surface area (Å²) in [5.41, 5.74) is -0.222. The molecule has 0 rings (SSSR count). The largest absolute Gasteiger partial charge is 0.480 e. The summed E-state index contributed by atoms with van der Waals surface area (Å²) in [5, 5.41) is 11.4. The van der Waals surface area contributed by atoms with Gasteiger partial charge in [-0.05, 0) is 12.5 Å². The molecule has 0 aliphatic heterocycles. The first kappa shape index (κ1) is 9.43. The third-order valence-electron chi connectivity index (χ3n) is 1.40. The Kier molecular flexibility index (Phi) is 2.84. The predicted molar refractivity (Wildman–Crippen MR) is 39.9 cm³/mol. The van der Waals surface area contributed by atoms with Crippen molar-refractivity contribution < 1.29 is 9.90 Å². The molecule has 0 saturated heterocycles. The van der Waals surface area contributed by atoms with Crippen LogP contribution >= 0.6 is 0 Å². The van der Waals surface area contributed by atoms with Gasteiger partial charge in [0.25, 0.3) is 0 Å². The zero-order valence-corrected chi connectivity index (χ0v) is 6.93. The maximum atomic E-state index is 10.5. The Morgan fingerprint density at radius 3 is 1.90 bits per heavy atom. The van der Waals surface area contributed by atoms with Crippen LogP contribution < -0.4 is 5.32 Å². The Morgan fingerprint density at radius 2 is 1.90 bits per heavy atom. The fourth-order valence-electron chi connectivity index (χ4n) is 0.927. The molecule has 3 nitrogen and oxygen atoms in total. The van der Waals surface area contributed by atoms with Gasteiger partial charge in [-0.3, -0.25) is 4.79 Å². The van der Waals surface area contributed by atoms with E-state index in [1.54, 1.807) is 7.05 Å². The van der Waals surface area contributed by atoms with Gasteiger partial charge in [0.15, 0.2) is 0 Å². The van der Waals surface area contributed by atoms with Crippen molar-refractivity contribution in [2.75, 3.05) is 7.05 Å². The van der Waals surface area contributed by atoms with Crippen LogP contribution in [0.5, 0.6) is 0 Å². The van der Waals surface area contributed by atoms with Crippen LogP contribution in [0, 0.1) is 5.41 Å². The van der Waals surface area contributed by atoms with E-state index in [0.29, 0.717) is 0 Å². The smallest absolute Gasteiger partial charge is 0.321 e. The molecule has 1 atom stereocenters. The minimum absolute atomic E-state index is 0.222. The van der Waals surface area contributed by atoms with Crippen molar-refractivity contribution >= 4 is 5.97 Å². The third kappa shape index (κ3) is 2.35. The molecule has 60 valence electrons. The topological polar surface area (TPSA) is 49.3 Å². The van der Waals surface area contributed by atoms with Crippen molar-refractivity contribution in [2.45, 2.75) is 26.8 Å². The number of nitrogens with one attached hydrogen (secondary N) is 1. The van der Waals surface area contributed by atoms with Gasteiger partial charge in [-0.25, -0.2) is 0 Å². The summed E-state index contributed by atoms with van der Waals surface area (Å²) < 4.78 is 0. The monoisotopic (exact) mass is 145 g/mol. The van der Waals surface area contributed by atoms with Crippen LogP contribution in [0.2, 0.25) is 0 Å². The lowest BCUT2D eigenvalue weighted by atomic mass is 9.87. The van der Waals surface area contributed by atoms with Crippen molar-refractivity contribution in [2.24, 2.45) is 5.41 Å². The molecule has 0 heterocycles. The average molecular weight is 145 g/mol. The molecule has 0 aromatic rings. The first-order chi connectivity index (χ1) is 4.39. The summed E-state index contributed by atoms with van der Waals surface area (Å²) in [4.78, 5) is 10.5. The summed E-state index contributed by atoms with van der Waals surface area (Å²) in [7, 11) is 1.66. The molecule has 0 saturated carbocycles. The minimum Gasteiger partial charge on any atom is -0.480 e. The van der Waals surface area contributed by atoms with E-state index in [2.05, 4.69) is 5.32 Å². The second-order valence-electron chi connectivity index (χ2n) is 3.43. The first-order valence-corrected chi connectivity index (χ1v) is 3.29. The Morgan fingerprint density at radius 1 is 1.50 bits per heavy atom. The zero-order valence-electron chi connectivity index (χ0n) is 6.93. The van der Waals surface area contributed by atoms with Crippen LogP contribution in [-0.4, -0.2) is 24.2 Å². The lowest BCUT2D eigenvalue weighted by Crippen LogP contribution is -2.44. The molecule has 0 spiro atoms. The van der Waals surface area contributed by atoms with Crippen molar-refractivity contribution in [1.29, 1.82) is 0 Å². The van der Waals surface area contributed by atoms with E-state index in [-0.39, 0.29) is 5.41 Å². The van der Waals surface area contributed by atoms with E-state index in [0.717, 1.165) is 0 Å². The number of carboxylic acid groups (broad SMARTS) is 1. The molecule has 2 N–H and O–H groups in total. The summed E-state index contributed by atoms with van der Waals surface area (Å²) in [6, 6.07) is -0.465. The number of likely N-dealkylation sites (N-methyl/N-ethyl adjacent to an activating group) is 1. The van der Waals surface area contributed by atoms with Gasteiger partial charge in [0.05, 0.1) is 0 Å². The normalized spacial score (nSPS) is 14.8. The van der Waals surface area contributed by atoms with Crippen molar-refractivity contribution in [3.05, 3.63) is 0 Å². The lowest BCUT2D eigenvalue weighted by molar-refractivity contribution is -0.142. The van der Waals surface area contributed by atoms with E-state index in [1.807, 2.05) is 20.8 Å². The van der Waals surface area contributed by atoms with Gasteiger partial charge in [0.2, 0.25) is 0 Å². The highest BCUT2D eigenvalue weighted by molar-refractivity contribution is 5.74. The predicted octanol–water partition coefficient (Wildman–Crippen LogP) is 0.705. The Balaban J connectivity index is 4.22. The summed E-state index contributed by atoms with van der Waals surface area (Å²) in [5.74, 6) is -0.796. The van der Waals surface area contributed by atoms with Crippen LogP contribution in [-0.2, 0) is 4.79 Å². The molecule has 0 radical (unpaired) electrons. The number of hydrogen-bond acceptors (Lipinski definition) is 2. The first-order valence-electron chi connectivity index (χ1n) is 3.29. The van der Waals surface area contributed by atoms with Gasteiger partial charge < -0.3 is 10.4 Å². The second kappa shape index (κ2) is 3.01. The number of hydrogen-bond donors (Lipinski definition) is 2. The molecule has 0 amide bonds. The molecule has 0 fully saturated rings. The quantitative estimate of drug-likeness (QED) is 0.601. The fourth-order valence-corrected chi connectivity index (χ4v) is 0.927. The molecule has 0 aliphatic carbocycles. The molecular weight excluding hydrogens is 130 g/mol. The molecule has 0 aromatic carbocycles. The Bertz CT molecular complexity index is 126. The van der Waals surface area contributed by atoms with E-state index in [1.165, 1.54) is 0 Å². The highest BCUT2D eigenvalue weighted by Crippen LogP contribution is 2.18. The SMILES string of the molecule is CN[C@H](C(=O)O)C(C)(C)C. The highest BCUT2D eigenvalue weighted by Gasteiger charge is 2.28. The molecule has 0 aromatic heterocycles. The van der Waals surface area contributed by atoms with Crippen LogP contribution in [0.25, 0.3) is 0 Å². The highest BCUT2D eigenvalue weighted by atomic mass is 16.4. The van der Waals surface area contributed by atoms with Crippen molar-refractivity contribution in [3.63, 3.8) is 0 Å². The van der Waals surface area contributed by atoms with E-state index in [9.17, 15) is 4.79 Å². The number of rotatable bonds is 2. The summed E-state index contributed by atoms with van der Waals surface area (Å²) in [6.07, 6.45) is 0. The summed E-state index contributed by atoms with van der Waals surface area (Å²) in [6.45, 7) is 5.67.